The number of nitrogens with one attached hydrogen (secondary N) is 1. The Labute approximate surface area is 130 Å². The van der Waals surface area contributed by atoms with Gasteiger partial charge in [0.25, 0.3) is 0 Å². The first-order valence-corrected chi connectivity index (χ1v) is 7.30. The lowest BCUT2D eigenvalue weighted by Gasteiger charge is -2.22. The van der Waals surface area contributed by atoms with Gasteiger partial charge in [-0.25, -0.2) is 9.37 Å². The fourth-order valence-electron chi connectivity index (χ4n) is 2.05. The second-order valence-corrected chi connectivity index (χ2v) is 5.54. The third-order valence-corrected chi connectivity index (χ3v) is 3.82. The molecule has 1 atom stereocenters. The van der Waals surface area contributed by atoms with Crippen molar-refractivity contribution in [3.63, 3.8) is 0 Å². The molecule has 1 heterocycles. The molecule has 0 aliphatic rings. The molecule has 0 bridgehead atoms. The summed E-state index contributed by atoms with van der Waals surface area (Å²) in [5.41, 5.74) is 7.06. The molecule has 1 aromatic carbocycles. The second-order valence-electron chi connectivity index (χ2n) is 4.25. The average molecular weight is 359 g/mol. The number of halogens is 3. The summed E-state index contributed by atoms with van der Waals surface area (Å²) in [6.45, 7) is 2.59. The zero-order valence-corrected chi connectivity index (χ0v) is 13.2. The van der Waals surface area contributed by atoms with Crippen molar-refractivity contribution in [2.75, 3.05) is 12.3 Å². The SMILES string of the molecule is CCNC(c1cc(Cl)cnc1N)c1c(F)cccc1Br. The number of pyridine rings is 1. The van der Waals surface area contributed by atoms with E-state index in [0.717, 1.165) is 0 Å². The Balaban J connectivity index is 2.59. The number of nitrogen functional groups attached to an aromatic ring is 1. The summed E-state index contributed by atoms with van der Waals surface area (Å²) in [5.74, 6) is 0.0141. The number of aromatic nitrogens is 1. The number of hydrogen-bond acceptors (Lipinski definition) is 3. The van der Waals surface area contributed by atoms with E-state index in [9.17, 15) is 4.39 Å². The van der Waals surface area contributed by atoms with Gasteiger partial charge in [-0.2, -0.15) is 0 Å². The van der Waals surface area contributed by atoms with Gasteiger partial charge in [0, 0.05) is 21.8 Å². The van der Waals surface area contributed by atoms with Gasteiger partial charge < -0.3 is 11.1 Å². The number of nitrogens with zero attached hydrogens (tertiary/aromatic N) is 1. The molecule has 0 aliphatic carbocycles. The largest absolute Gasteiger partial charge is 0.383 e. The predicted molar refractivity (Wildman–Crippen MR) is 83.3 cm³/mol. The molecule has 0 amide bonds. The summed E-state index contributed by atoms with van der Waals surface area (Å²) in [4.78, 5) is 4.03. The van der Waals surface area contributed by atoms with Gasteiger partial charge in [-0.3, -0.25) is 0 Å². The molecule has 0 spiro atoms. The lowest BCUT2D eigenvalue weighted by atomic mass is 9.98. The van der Waals surface area contributed by atoms with Gasteiger partial charge in [0.2, 0.25) is 0 Å². The first-order chi connectivity index (χ1) is 9.54. The van der Waals surface area contributed by atoms with Crippen molar-refractivity contribution in [2.45, 2.75) is 13.0 Å². The van der Waals surface area contributed by atoms with Crippen LogP contribution in [0.3, 0.4) is 0 Å². The van der Waals surface area contributed by atoms with E-state index in [1.807, 2.05) is 6.92 Å². The second kappa shape index (κ2) is 6.52. The van der Waals surface area contributed by atoms with Crippen molar-refractivity contribution in [3.8, 4) is 0 Å². The molecule has 2 rings (SSSR count). The third kappa shape index (κ3) is 3.11. The molecule has 1 aromatic heterocycles. The van der Waals surface area contributed by atoms with E-state index in [0.29, 0.717) is 33.0 Å². The summed E-state index contributed by atoms with van der Waals surface area (Å²) in [6, 6.07) is 6.14. The zero-order valence-electron chi connectivity index (χ0n) is 10.8. The van der Waals surface area contributed by atoms with Crippen LogP contribution in [-0.4, -0.2) is 11.5 Å². The molecule has 1 unspecified atom stereocenters. The van der Waals surface area contributed by atoms with Crippen LogP contribution in [0.2, 0.25) is 5.02 Å². The Hall–Kier alpha value is -1.17. The summed E-state index contributed by atoms with van der Waals surface area (Å²) in [7, 11) is 0. The Morgan fingerprint density at radius 1 is 1.50 bits per heavy atom. The molecule has 0 saturated heterocycles. The van der Waals surface area contributed by atoms with Gasteiger partial charge in [-0.05, 0) is 24.7 Å². The van der Waals surface area contributed by atoms with Crippen molar-refractivity contribution in [1.82, 2.24) is 10.3 Å². The van der Waals surface area contributed by atoms with E-state index >= 15 is 0 Å². The Morgan fingerprint density at radius 3 is 2.90 bits per heavy atom. The van der Waals surface area contributed by atoms with Gasteiger partial charge in [-0.15, -0.1) is 0 Å². The highest BCUT2D eigenvalue weighted by molar-refractivity contribution is 9.10. The highest BCUT2D eigenvalue weighted by atomic mass is 79.9. The minimum atomic E-state index is -0.415. The van der Waals surface area contributed by atoms with Crippen molar-refractivity contribution in [3.05, 3.63) is 56.9 Å². The molecule has 0 aliphatic heterocycles. The smallest absolute Gasteiger partial charge is 0.129 e. The number of benzene rings is 1. The predicted octanol–water partition coefficient (Wildman–Crippen LogP) is 3.92. The maximum absolute atomic E-state index is 14.2. The molecule has 106 valence electrons. The van der Waals surface area contributed by atoms with Crippen LogP contribution in [0.25, 0.3) is 0 Å². The van der Waals surface area contributed by atoms with Gasteiger partial charge in [0.05, 0.1) is 11.1 Å². The quantitative estimate of drug-likeness (QED) is 0.871. The molecule has 0 fully saturated rings. The van der Waals surface area contributed by atoms with E-state index in [-0.39, 0.29) is 5.82 Å². The van der Waals surface area contributed by atoms with E-state index in [1.54, 1.807) is 18.2 Å². The molecular weight excluding hydrogens is 345 g/mol. The standard InChI is InChI=1S/C14H14BrClFN3/c1-2-19-13(9-6-8(16)7-20-14(9)18)12-10(15)4-3-5-11(12)17/h3-7,13,19H,2H2,1H3,(H2,18,20). The van der Waals surface area contributed by atoms with E-state index < -0.39 is 6.04 Å². The third-order valence-electron chi connectivity index (χ3n) is 2.92. The lowest BCUT2D eigenvalue weighted by molar-refractivity contribution is 0.557. The minimum Gasteiger partial charge on any atom is -0.383 e. The van der Waals surface area contributed by atoms with Crippen LogP contribution in [0.4, 0.5) is 10.2 Å². The summed E-state index contributed by atoms with van der Waals surface area (Å²) >= 11 is 9.36. The number of anilines is 1. The number of hydrogen-bond donors (Lipinski definition) is 2. The summed E-state index contributed by atoms with van der Waals surface area (Å²) < 4.78 is 14.8. The van der Waals surface area contributed by atoms with Crippen LogP contribution in [0.15, 0.2) is 34.9 Å². The Kier molecular flexibility index (Phi) is 4.96. The normalized spacial score (nSPS) is 12.4. The van der Waals surface area contributed by atoms with Crippen molar-refractivity contribution < 1.29 is 4.39 Å². The van der Waals surface area contributed by atoms with Crippen molar-refractivity contribution in [2.24, 2.45) is 0 Å². The number of rotatable bonds is 4. The van der Waals surface area contributed by atoms with Gasteiger partial charge in [0.1, 0.15) is 11.6 Å². The molecule has 0 radical (unpaired) electrons. The molecule has 3 nitrogen and oxygen atoms in total. The lowest BCUT2D eigenvalue weighted by Crippen LogP contribution is -2.24. The monoisotopic (exact) mass is 357 g/mol. The Morgan fingerprint density at radius 2 is 2.25 bits per heavy atom. The molecular formula is C14H14BrClFN3. The highest BCUT2D eigenvalue weighted by Crippen LogP contribution is 2.33. The van der Waals surface area contributed by atoms with Crippen molar-refractivity contribution >= 4 is 33.3 Å². The van der Waals surface area contributed by atoms with Crippen LogP contribution in [0, 0.1) is 5.82 Å². The van der Waals surface area contributed by atoms with E-state index in [1.165, 1.54) is 12.3 Å². The minimum absolute atomic E-state index is 0.315. The van der Waals surface area contributed by atoms with Gasteiger partial charge >= 0.3 is 0 Å². The average Bonchev–Trinajstić information content (AvgIpc) is 2.40. The molecule has 3 N–H and O–H groups in total. The maximum Gasteiger partial charge on any atom is 0.129 e. The maximum atomic E-state index is 14.2. The van der Waals surface area contributed by atoms with E-state index in [2.05, 4.69) is 26.2 Å². The van der Waals surface area contributed by atoms with Gasteiger partial charge in [-0.1, -0.05) is 40.5 Å². The zero-order chi connectivity index (χ0) is 14.7. The fraction of sp³-hybridized carbons (Fsp3) is 0.214. The first kappa shape index (κ1) is 15.2. The van der Waals surface area contributed by atoms with Gasteiger partial charge in [0.15, 0.2) is 0 Å². The van der Waals surface area contributed by atoms with Crippen LogP contribution in [-0.2, 0) is 0 Å². The highest BCUT2D eigenvalue weighted by Gasteiger charge is 2.22. The number of nitrogens with two attached hydrogens (primary N) is 1. The molecule has 2 aromatic rings. The summed E-state index contributed by atoms with van der Waals surface area (Å²) in [6.07, 6.45) is 1.47. The van der Waals surface area contributed by atoms with E-state index in [4.69, 9.17) is 17.3 Å². The van der Waals surface area contributed by atoms with Crippen LogP contribution < -0.4 is 11.1 Å². The molecule has 20 heavy (non-hydrogen) atoms. The first-order valence-electron chi connectivity index (χ1n) is 6.12. The Bertz CT molecular complexity index is 601. The van der Waals surface area contributed by atoms with Crippen LogP contribution >= 0.6 is 27.5 Å². The topological polar surface area (TPSA) is 50.9 Å². The van der Waals surface area contributed by atoms with Crippen LogP contribution in [0.5, 0.6) is 0 Å². The fourth-order valence-corrected chi connectivity index (χ4v) is 2.79. The molecule has 0 saturated carbocycles. The molecule has 6 heteroatoms. The van der Waals surface area contributed by atoms with Crippen LogP contribution in [0.1, 0.15) is 24.1 Å². The van der Waals surface area contributed by atoms with Crippen molar-refractivity contribution in [1.29, 1.82) is 0 Å². The summed E-state index contributed by atoms with van der Waals surface area (Å²) in [5, 5.41) is 3.68.